The number of aromatic amines is 1. The van der Waals surface area contributed by atoms with Crippen LogP contribution in [0.15, 0.2) is 11.1 Å². The van der Waals surface area contributed by atoms with Gasteiger partial charge in [-0.15, -0.1) is 0 Å². The number of aliphatic hydroxyl groups is 3. The fourth-order valence-electron chi connectivity index (χ4n) is 3.26. The van der Waals surface area contributed by atoms with Crippen LogP contribution >= 0.6 is 0 Å². The van der Waals surface area contributed by atoms with Gasteiger partial charge in [0.05, 0.1) is 12.7 Å². The van der Waals surface area contributed by atoms with E-state index in [-0.39, 0.29) is 23.2 Å². The first-order valence-corrected chi connectivity index (χ1v) is 8.03. The van der Waals surface area contributed by atoms with Gasteiger partial charge in [-0.05, 0) is 0 Å². The molecule has 6 N–H and O–H groups in total. The zero-order valence-corrected chi connectivity index (χ0v) is 13.3. The molecule has 1 unspecified atom stereocenters. The highest BCUT2D eigenvalue weighted by molar-refractivity contribution is 5.67. The van der Waals surface area contributed by atoms with E-state index in [1.54, 1.807) is 10.9 Å². The number of hydrogen-bond acceptors (Lipinski definition) is 8. The molecule has 2 aliphatic heterocycles. The molecule has 0 aromatic carbocycles. The van der Waals surface area contributed by atoms with Crippen LogP contribution in [-0.2, 0) is 16.0 Å². The van der Waals surface area contributed by atoms with Crippen molar-refractivity contribution in [3.8, 4) is 0 Å². The van der Waals surface area contributed by atoms with Crippen LogP contribution in [0.5, 0.6) is 0 Å². The van der Waals surface area contributed by atoms with E-state index in [9.17, 15) is 20.1 Å². The Balaban J connectivity index is 1.82. The summed E-state index contributed by atoms with van der Waals surface area (Å²) in [4.78, 5) is 19.0. The molecule has 136 valence electrons. The lowest BCUT2D eigenvalue weighted by atomic mass is 10.1. The third-order valence-electron chi connectivity index (χ3n) is 4.68. The Labute approximate surface area is 141 Å². The minimum atomic E-state index is -1.29. The number of aromatic nitrogens is 4. The van der Waals surface area contributed by atoms with Crippen molar-refractivity contribution in [2.24, 2.45) is 0 Å². The highest BCUT2D eigenvalue weighted by Gasteiger charge is 2.47. The second kappa shape index (κ2) is 6.04. The summed E-state index contributed by atoms with van der Waals surface area (Å²) in [6.45, 7) is 0.674. The first-order chi connectivity index (χ1) is 12.0. The summed E-state index contributed by atoms with van der Waals surface area (Å²) in [5, 5.41) is 29.5. The molecule has 11 nitrogen and oxygen atoms in total. The minimum absolute atomic E-state index is 0.00814. The molecular weight excluding hydrogens is 334 g/mol. The molecule has 0 amide bonds. The smallest absolute Gasteiger partial charge is 0.304 e. The molecule has 0 aliphatic carbocycles. The molecule has 4 heterocycles. The predicted molar refractivity (Wildman–Crippen MR) is 82.3 cm³/mol. The predicted octanol–water partition coefficient (Wildman–Crippen LogP) is -3.01. The van der Waals surface area contributed by atoms with E-state index < -0.39 is 36.7 Å². The Kier molecular flexibility index (Phi) is 3.96. The number of anilines is 1. The number of imidazole rings is 1. The average molecular weight is 354 g/mol. The van der Waals surface area contributed by atoms with Crippen LogP contribution in [0.25, 0.3) is 11.2 Å². The average Bonchev–Trinajstić information content (AvgIpc) is 3.02. The largest absolute Gasteiger partial charge is 0.394 e. The van der Waals surface area contributed by atoms with Crippen molar-refractivity contribution in [2.75, 3.05) is 18.9 Å². The van der Waals surface area contributed by atoms with E-state index >= 15 is 0 Å². The Hall–Kier alpha value is -2.05. The molecule has 11 heteroatoms. The number of nitrogens with zero attached hydrogens (tertiary/aromatic N) is 3. The van der Waals surface area contributed by atoms with Crippen molar-refractivity contribution in [1.82, 2.24) is 14.5 Å². The quantitative estimate of drug-likeness (QED) is 0.363. The summed E-state index contributed by atoms with van der Waals surface area (Å²) in [6, 6.07) is 0. The van der Waals surface area contributed by atoms with E-state index in [0.29, 0.717) is 13.2 Å². The maximum atomic E-state index is 12.4. The van der Waals surface area contributed by atoms with Gasteiger partial charge in [0, 0.05) is 13.0 Å². The van der Waals surface area contributed by atoms with Crippen molar-refractivity contribution in [3.05, 3.63) is 16.7 Å². The molecular formula is C14H20N5O6+. The van der Waals surface area contributed by atoms with E-state index in [2.05, 4.69) is 9.97 Å². The van der Waals surface area contributed by atoms with Gasteiger partial charge in [-0.1, -0.05) is 0 Å². The lowest BCUT2D eigenvalue weighted by molar-refractivity contribution is -0.683. The summed E-state index contributed by atoms with van der Waals surface area (Å²) in [5.74, 6) is -0.0735. The summed E-state index contributed by atoms with van der Waals surface area (Å²) in [5.41, 5.74) is 5.71. The van der Waals surface area contributed by atoms with Gasteiger partial charge in [0.25, 0.3) is 11.2 Å². The first-order valence-electron chi connectivity index (χ1n) is 8.03. The molecule has 2 saturated heterocycles. The van der Waals surface area contributed by atoms with Crippen molar-refractivity contribution in [1.29, 1.82) is 0 Å². The molecule has 2 aromatic heterocycles. The minimum Gasteiger partial charge on any atom is -0.394 e. The van der Waals surface area contributed by atoms with Crippen molar-refractivity contribution in [3.63, 3.8) is 0 Å². The number of nitrogens with one attached hydrogen (secondary N) is 1. The fraction of sp³-hybridized carbons (Fsp3) is 0.643. The van der Waals surface area contributed by atoms with Crippen LogP contribution in [-0.4, -0.2) is 67.5 Å². The van der Waals surface area contributed by atoms with E-state index in [1.165, 1.54) is 4.57 Å². The summed E-state index contributed by atoms with van der Waals surface area (Å²) in [6.07, 6.45) is -2.03. The van der Waals surface area contributed by atoms with Crippen LogP contribution < -0.4 is 15.9 Å². The van der Waals surface area contributed by atoms with Crippen molar-refractivity contribution in [2.45, 2.75) is 43.6 Å². The SMILES string of the molecule is Nc1nc2c(c(=O)[nH]1)[n+](CC1CCO1)cn2[C@@H]1O[C@H](CO)[C@@H](O)[C@H]1O. The molecule has 0 bridgehead atoms. The fourth-order valence-corrected chi connectivity index (χ4v) is 3.26. The monoisotopic (exact) mass is 354 g/mol. The number of nitrogens with two attached hydrogens (primary N) is 1. The second-order valence-electron chi connectivity index (χ2n) is 6.31. The van der Waals surface area contributed by atoms with Crippen LogP contribution in [0.3, 0.4) is 0 Å². The Morgan fingerprint density at radius 2 is 2.20 bits per heavy atom. The first kappa shape index (κ1) is 16.4. The van der Waals surface area contributed by atoms with Crippen LogP contribution in [0.4, 0.5) is 5.95 Å². The molecule has 2 aromatic rings. The molecule has 0 radical (unpaired) electrons. The Bertz CT molecular complexity index is 846. The lowest BCUT2D eigenvalue weighted by Gasteiger charge is -2.24. The third kappa shape index (κ3) is 2.60. The maximum Gasteiger partial charge on any atom is 0.304 e. The van der Waals surface area contributed by atoms with Crippen molar-refractivity contribution >= 4 is 17.1 Å². The third-order valence-corrected chi connectivity index (χ3v) is 4.68. The topological polar surface area (TPSA) is 160 Å². The van der Waals surface area contributed by atoms with E-state index in [0.717, 1.165) is 6.42 Å². The van der Waals surface area contributed by atoms with Gasteiger partial charge < -0.3 is 30.5 Å². The second-order valence-corrected chi connectivity index (χ2v) is 6.31. The van der Waals surface area contributed by atoms with Crippen molar-refractivity contribution < 1.29 is 29.4 Å². The molecule has 0 saturated carbocycles. The standard InChI is InChI=1S/C14H19N5O6/c15-14-16-11-8(12(23)17-14)18(3-6-1-2-24-6)5-19(11)13-10(22)9(21)7(4-20)25-13/h5-7,9-10,13,20-22H,1-4H2,(H2-,15,16,17,23)/p+1/t6?,7-,9-,10-,13-/m1/s1. The van der Waals surface area contributed by atoms with Gasteiger partial charge in [-0.25, -0.2) is 4.57 Å². The Morgan fingerprint density at radius 1 is 1.44 bits per heavy atom. The zero-order chi connectivity index (χ0) is 17.7. The van der Waals surface area contributed by atoms with Gasteiger partial charge in [0.2, 0.25) is 18.5 Å². The molecule has 2 fully saturated rings. The highest BCUT2D eigenvalue weighted by Crippen LogP contribution is 2.30. The molecule has 25 heavy (non-hydrogen) atoms. The highest BCUT2D eigenvalue weighted by atomic mass is 16.6. The number of rotatable bonds is 4. The molecule has 2 aliphatic rings. The number of hydrogen-bond donors (Lipinski definition) is 5. The lowest BCUT2D eigenvalue weighted by Crippen LogP contribution is -2.46. The van der Waals surface area contributed by atoms with Gasteiger partial charge in [0.15, 0.2) is 0 Å². The van der Waals surface area contributed by atoms with Gasteiger partial charge in [0.1, 0.15) is 24.9 Å². The molecule has 5 atom stereocenters. The van der Waals surface area contributed by atoms with E-state index in [4.69, 9.17) is 15.2 Å². The van der Waals surface area contributed by atoms with Crippen LogP contribution in [0.1, 0.15) is 12.6 Å². The molecule has 0 spiro atoms. The van der Waals surface area contributed by atoms with Gasteiger partial charge >= 0.3 is 5.56 Å². The molecule has 4 rings (SSSR count). The summed E-state index contributed by atoms with van der Waals surface area (Å²) >= 11 is 0. The summed E-state index contributed by atoms with van der Waals surface area (Å²) in [7, 11) is 0. The van der Waals surface area contributed by atoms with Crippen LogP contribution in [0, 0.1) is 0 Å². The number of nitrogen functional groups attached to an aromatic ring is 1. The van der Waals surface area contributed by atoms with E-state index in [1.807, 2.05) is 0 Å². The number of fused-ring (bicyclic) bond motifs is 1. The zero-order valence-electron chi connectivity index (χ0n) is 13.3. The van der Waals surface area contributed by atoms with Crippen LogP contribution in [0.2, 0.25) is 0 Å². The Morgan fingerprint density at radius 3 is 2.80 bits per heavy atom. The summed E-state index contributed by atoms with van der Waals surface area (Å²) < 4.78 is 14.1. The normalized spacial score (nSPS) is 32.2. The number of H-pyrrole nitrogens is 1. The maximum absolute atomic E-state index is 12.4. The van der Waals surface area contributed by atoms with Gasteiger partial charge in [-0.2, -0.15) is 9.55 Å². The number of ether oxygens (including phenoxy) is 2. The van der Waals surface area contributed by atoms with Gasteiger partial charge in [-0.3, -0.25) is 9.78 Å². The number of aliphatic hydroxyl groups excluding tert-OH is 3.